The molecule has 0 aliphatic rings. The zero-order valence-corrected chi connectivity index (χ0v) is 14.0. The molecule has 0 fully saturated rings. The van der Waals surface area contributed by atoms with E-state index in [0.717, 1.165) is 30.8 Å². The molecule has 0 aromatic carbocycles. The first kappa shape index (κ1) is 17.6. The third kappa shape index (κ3) is 5.46. The van der Waals surface area contributed by atoms with Gasteiger partial charge in [-0.1, -0.05) is 33.6 Å². The Morgan fingerprint density at radius 1 is 1.38 bits per heavy atom. The van der Waals surface area contributed by atoms with Gasteiger partial charge in [-0.15, -0.1) is 11.3 Å². The van der Waals surface area contributed by atoms with E-state index in [4.69, 9.17) is 0 Å². The Morgan fingerprint density at radius 3 is 2.67 bits per heavy atom. The highest BCUT2D eigenvalue weighted by Gasteiger charge is 2.19. The lowest BCUT2D eigenvalue weighted by Gasteiger charge is -2.23. The molecule has 0 unspecified atom stereocenters. The van der Waals surface area contributed by atoms with Crippen molar-refractivity contribution >= 4 is 23.2 Å². The number of aromatic nitrogens is 1. The number of nitrogens with zero attached hydrogens (tertiary/aromatic N) is 2. The number of rotatable bonds is 8. The first-order valence-corrected chi connectivity index (χ1v) is 8.19. The van der Waals surface area contributed by atoms with E-state index in [-0.39, 0.29) is 11.8 Å². The largest absolute Gasteiger partial charge is 0.464 e. The van der Waals surface area contributed by atoms with Crippen molar-refractivity contribution in [2.24, 2.45) is 5.92 Å². The third-order valence-electron chi connectivity index (χ3n) is 3.11. The van der Waals surface area contributed by atoms with Gasteiger partial charge < -0.3 is 9.64 Å². The zero-order valence-electron chi connectivity index (χ0n) is 13.2. The fourth-order valence-electron chi connectivity index (χ4n) is 1.93. The van der Waals surface area contributed by atoms with Crippen LogP contribution in [0.4, 0.5) is 0 Å². The summed E-state index contributed by atoms with van der Waals surface area (Å²) >= 11 is 1.38. The molecule has 0 bridgehead atoms. The van der Waals surface area contributed by atoms with Crippen molar-refractivity contribution in [2.75, 3.05) is 13.7 Å². The smallest absolute Gasteiger partial charge is 0.357 e. The molecule has 1 heterocycles. The van der Waals surface area contributed by atoms with Gasteiger partial charge in [0.05, 0.1) is 13.7 Å². The molecular formula is C15H24N2O3S. The minimum Gasteiger partial charge on any atom is -0.464 e. The molecule has 0 aliphatic carbocycles. The van der Waals surface area contributed by atoms with Crippen molar-refractivity contribution in [3.8, 4) is 0 Å². The summed E-state index contributed by atoms with van der Waals surface area (Å²) in [6, 6.07) is 0. The molecule has 5 nitrogen and oxygen atoms in total. The number of ether oxygens (including phenoxy) is 1. The quantitative estimate of drug-likeness (QED) is 0.546. The number of esters is 1. The summed E-state index contributed by atoms with van der Waals surface area (Å²) in [5.41, 5.74) is 0.308. The van der Waals surface area contributed by atoms with E-state index >= 15 is 0 Å². The summed E-state index contributed by atoms with van der Waals surface area (Å²) < 4.78 is 4.64. The molecule has 21 heavy (non-hydrogen) atoms. The molecule has 118 valence electrons. The lowest BCUT2D eigenvalue weighted by molar-refractivity contribution is -0.135. The van der Waals surface area contributed by atoms with Crippen LogP contribution in [0.1, 0.15) is 55.5 Å². The van der Waals surface area contributed by atoms with Gasteiger partial charge in [-0.2, -0.15) is 0 Å². The number of carbonyl (C=O) groups excluding carboxylic acids is 2. The summed E-state index contributed by atoms with van der Waals surface area (Å²) in [7, 11) is 1.33. The van der Waals surface area contributed by atoms with Gasteiger partial charge in [0.1, 0.15) is 5.01 Å². The maximum absolute atomic E-state index is 12.2. The lowest BCUT2D eigenvalue weighted by Crippen LogP contribution is -2.34. The lowest BCUT2D eigenvalue weighted by atomic mass is 10.1. The van der Waals surface area contributed by atoms with Crippen molar-refractivity contribution in [3.05, 3.63) is 16.1 Å². The summed E-state index contributed by atoms with van der Waals surface area (Å²) in [5.74, 6) is -0.349. The Labute approximate surface area is 130 Å². The van der Waals surface area contributed by atoms with Gasteiger partial charge in [0.15, 0.2) is 5.69 Å². The van der Waals surface area contributed by atoms with Gasteiger partial charge >= 0.3 is 5.97 Å². The normalized spacial score (nSPS) is 10.7. The molecule has 0 saturated heterocycles. The molecule has 1 amide bonds. The van der Waals surface area contributed by atoms with E-state index in [1.807, 2.05) is 18.7 Å². The minimum atomic E-state index is -0.440. The summed E-state index contributed by atoms with van der Waals surface area (Å²) in [5, 5.41) is 2.44. The van der Waals surface area contributed by atoms with Crippen molar-refractivity contribution in [1.82, 2.24) is 9.88 Å². The minimum absolute atomic E-state index is 0.0355. The monoisotopic (exact) mass is 312 g/mol. The Morgan fingerprint density at radius 2 is 2.10 bits per heavy atom. The standard InChI is InChI=1S/C15H24N2O3S/c1-5-6-7-8-17(14(18)11(2)3)9-13-16-12(10-21-13)15(19)20-4/h10-11H,5-9H2,1-4H3. The van der Waals surface area contributed by atoms with Crippen LogP contribution >= 0.6 is 11.3 Å². The maximum Gasteiger partial charge on any atom is 0.357 e. The molecule has 1 rings (SSSR count). The van der Waals surface area contributed by atoms with Crippen molar-refractivity contribution < 1.29 is 14.3 Å². The Hall–Kier alpha value is -1.43. The first-order chi connectivity index (χ1) is 9.99. The van der Waals surface area contributed by atoms with Gasteiger partial charge in [0.25, 0.3) is 0 Å². The second-order valence-electron chi connectivity index (χ2n) is 5.24. The fourth-order valence-corrected chi connectivity index (χ4v) is 2.71. The number of hydrogen-bond donors (Lipinski definition) is 0. The van der Waals surface area contributed by atoms with E-state index in [2.05, 4.69) is 16.6 Å². The summed E-state index contributed by atoms with van der Waals surface area (Å²) in [6.07, 6.45) is 3.21. The van der Waals surface area contributed by atoms with Crippen molar-refractivity contribution in [1.29, 1.82) is 0 Å². The van der Waals surface area contributed by atoms with E-state index in [0.29, 0.717) is 12.2 Å². The van der Waals surface area contributed by atoms with Crippen LogP contribution in [0.5, 0.6) is 0 Å². The molecule has 0 saturated carbocycles. The van der Waals surface area contributed by atoms with Gasteiger partial charge in [0, 0.05) is 17.8 Å². The Bertz CT molecular complexity index is 471. The Balaban J connectivity index is 2.73. The van der Waals surface area contributed by atoms with Gasteiger partial charge in [-0.25, -0.2) is 9.78 Å². The Kier molecular flexibility index (Phi) is 7.36. The molecule has 0 N–H and O–H groups in total. The number of hydrogen-bond acceptors (Lipinski definition) is 5. The van der Waals surface area contributed by atoms with E-state index < -0.39 is 5.97 Å². The number of methoxy groups -OCH3 is 1. The van der Waals surface area contributed by atoms with Crippen LogP contribution < -0.4 is 0 Å². The average Bonchev–Trinajstić information content (AvgIpc) is 2.93. The number of unbranched alkanes of at least 4 members (excludes halogenated alkanes) is 2. The predicted octanol–water partition coefficient (Wildman–Crippen LogP) is 3.10. The van der Waals surface area contributed by atoms with Crippen LogP contribution in [-0.2, 0) is 16.1 Å². The van der Waals surface area contributed by atoms with Crippen LogP contribution in [0.3, 0.4) is 0 Å². The number of carbonyl (C=O) groups is 2. The highest BCUT2D eigenvalue weighted by molar-refractivity contribution is 7.09. The fraction of sp³-hybridized carbons (Fsp3) is 0.667. The average molecular weight is 312 g/mol. The molecule has 6 heteroatoms. The first-order valence-electron chi connectivity index (χ1n) is 7.31. The highest BCUT2D eigenvalue weighted by Crippen LogP contribution is 2.15. The van der Waals surface area contributed by atoms with E-state index in [9.17, 15) is 9.59 Å². The van der Waals surface area contributed by atoms with Crippen molar-refractivity contribution in [2.45, 2.75) is 46.6 Å². The van der Waals surface area contributed by atoms with Gasteiger partial charge in [0.2, 0.25) is 5.91 Å². The number of amides is 1. The molecule has 0 spiro atoms. The third-order valence-corrected chi connectivity index (χ3v) is 3.94. The van der Waals surface area contributed by atoms with Crippen LogP contribution in [-0.4, -0.2) is 35.4 Å². The summed E-state index contributed by atoms with van der Waals surface area (Å²) in [6.45, 7) is 7.13. The highest BCUT2D eigenvalue weighted by atomic mass is 32.1. The zero-order chi connectivity index (χ0) is 15.8. The molecule has 0 aliphatic heterocycles. The number of thiazole rings is 1. The van der Waals surface area contributed by atoms with Crippen molar-refractivity contribution in [3.63, 3.8) is 0 Å². The summed E-state index contributed by atoms with van der Waals surface area (Å²) in [4.78, 5) is 29.7. The second-order valence-corrected chi connectivity index (χ2v) is 6.18. The van der Waals surface area contributed by atoms with Gasteiger partial charge in [-0.05, 0) is 6.42 Å². The van der Waals surface area contributed by atoms with Crippen LogP contribution in [0.25, 0.3) is 0 Å². The van der Waals surface area contributed by atoms with Crippen LogP contribution in [0.2, 0.25) is 0 Å². The SMILES string of the molecule is CCCCCN(Cc1nc(C(=O)OC)cs1)C(=O)C(C)C. The van der Waals surface area contributed by atoms with Crippen LogP contribution in [0, 0.1) is 5.92 Å². The molecule has 1 aromatic rings. The predicted molar refractivity (Wildman–Crippen MR) is 83.2 cm³/mol. The second kappa shape index (κ2) is 8.77. The molecule has 1 aromatic heterocycles. The maximum atomic E-state index is 12.2. The van der Waals surface area contributed by atoms with Crippen LogP contribution in [0.15, 0.2) is 5.38 Å². The van der Waals surface area contributed by atoms with Gasteiger partial charge in [-0.3, -0.25) is 4.79 Å². The molecule has 0 atom stereocenters. The topological polar surface area (TPSA) is 59.5 Å². The van der Waals surface area contributed by atoms with E-state index in [1.165, 1.54) is 18.4 Å². The van der Waals surface area contributed by atoms with E-state index in [1.54, 1.807) is 5.38 Å². The molecular weight excluding hydrogens is 288 g/mol. The molecule has 0 radical (unpaired) electrons.